The fourth-order valence-corrected chi connectivity index (χ4v) is 6.74. The smallest absolute Gasteiger partial charge is 0.272 e. The molecule has 36 heavy (non-hydrogen) atoms. The van der Waals surface area contributed by atoms with E-state index in [2.05, 4.69) is 22.9 Å². The highest BCUT2D eigenvalue weighted by molar-refractivity contribution is 7.17. The zero-order valence-corrected chi connectivity index (χ0v) is 21.3. The molecule has 0 spiro atoms. The number of thiophene rings is 1. The van der Waals surface area contributed by atoms with Crippen LogP contribution in [-0.2, 0) is 23.4 Å². The zero-order chi connectivity index (χ0) is 24.7. The molecule has 3 heterocycles. The second kappa shape index (κ2) is 9.25. The maximum Gasteiger partial charge on any atom is 0.272 e. The largest absolute Gasteiger partial charge is 0.351 e. The minimum atomic E-state index is -1.15. The minimum Gasteiger partial charge on any atom is -0.351 e. The van der Waals surface area contributed by atoms with Crippen molar-refractivity contribution in [2.75, 3.05) is 0 Å². The summed E-state index contributed by atoms with van der Waals surface area (Å²) in [5.41, 5.74) is 2.37. The molecule has 0 saturated heterocycles. The summed E-state index contributed by atoms with van der Waals surface area (Å²) in [7, 11) is 0. The van der Waals surface area contributed by atoms with Gasteiger partial charge in [0.2, 0.25) is 0 Å². The topological polar surface area (TPSA) is 54.3 Å². The maximum absolute atomic E-state index is 14.5. The van der Waals surface area contributed by atoms with E-state index in [0.29, 0.717) is 24.7 Å². The van der Waals surface area contributed by atoms with E-state index in [1.807, 2.05) is 77.0 Å². The number of fused-ring (bicyclic) bond motifs is 3. The van der Waals surface area contributed by atoms with Gasteiger partial charge in [-0.1, -0.05) is 67.6 Å². The van der Waals surface area contributed by atoms with Crippen LogP contribution in [0.4, 0.5) is 0 Å². The molecule has 1 saturated carbocycles. The van der Waals surface area contributed by atoms with Gasteiger partial charge in [-0.25, -0.2) is 0 Å². The third kappa shape index (κ3) is 3.84. The summed E-state index contributed by atoms with van der Waals surface area (Å²) in [4.78, 5) is 30.6. The van der Waals surface area contributed by atoms with Crippen LogP contribution in [0.3, 0.4) is 0 Å². The summed E-state index contributed by atoms with van der Waals surface area (Å²) >= 11 is 1.63. The van der Waals surface area contributed by atoms with E-state index in [0.717, 1.165) is 47.0 Å². The van der Waals surface area contributed by atoms with Crippen LogP contribution in [0.15, 0.2) is 78.2 Å². The molecule has 1 N–H and O–H groups in total. The van der Waals surface area contributed by atoms with Gasteiger partial charge in [0.15, 0.2) is 5.54 Å². The molecule has 2 aromatic carbocycles. The van der Waals surface area contributed by atoms with Crippen LogP contribution in [0.1, 0.15) is 54.2 Å². The lowest BCUT2D eigenvalue weighted by atomic mass is 9.82. The molecule has 5 nitrogen and oxygen atoms in total. The van der Waals surface area contributed by atoms with Gasteiger partial charge in [0.25, 0.3) is 11.8 Å². The van der Waals surface area contributed by atoms with Gasteiger partial charge in [-0.2, -0.15) is 0 Å². The molecule has 2 amide bonds. The molecule has 4 aromatic rings. The first kappa shape index (κ1) is 23.0. The molecule has 6 heteroatoms. The Morgan fingerprint density at radius 1 is 1.00 bits per heavy atom. The number of aromatic nitrogens is 1. The van der Waals surface area contributed by atoms with E-state index < -0.39 is 5.54 Å². The van der Waals surface area contributed by atoms with Gasteiger partial charge in [-0.15, -0.1) is 11.3 Å². The van der Waals surface area contributed by atoms with Crippen LogP contribution in [0, 0.1) is 5.92 Å². The fourth-order valence-electron chi connectivity index (χ4n) is 5.92. The second-order valence-electron chi connectivity index (χ2n) is 10.3. The summed E-state index contributed by atoms with van der Waals surface area (Å²) in [6.07, 6.45) is 4.20. The monoisotopic (exact) mass is 497 g/mol. The van der Waals surface area contributed by atoms with Gasteiger partial charge in [0, 0.05) is 12.6 Å². The van der Waals surface area contributed by atoms with E-state index in [1.165, 1.54) is 0 Å². The molecule has 0 radical (unpaired) electrons. The first-order valence-electron chi connectivity index (χ1n) is 12.9. The molecular formula is C30H31N3O2S. The third-order valence-electron chi connectivity index (χ3n) is 8.00. The van der Waals surface area contributed by atoms with Crippen molar-refractivity contribution in [3.05, 3.63) is 95.0 Å². The molecule has 1 atom stereocenters. The molecule has 0 bridgehead atoms. The van der Waals surface area contributed by atoms with Gasteiger partial charge in [-0.3, -0.25) is 9.59 Å². The summed E-state index contributed by atoms with van der Waals surface area (Å²) in [6, 6.07) is 24.0. The zero-order valence-electron chi connectivity index (χ0n) is 20.5. The van der Waals surface area contributed by atoms with E-state index in [9.17, 15) is 9.59 Å². The van der Waals surface area contributed by atoms with Crippen molar-refractivity contribution in [1.82, 2.24) is 14.8 Å². The highest BCUT2D eigenvalue weighted by atomic mass is 32.1. The Hall–Kier alpha value is -3.38. The number of hydrogen-bond acceptors (Lipinski definition) is 3. The third-order valence-corrected chi connectivity index (χ3v) is 8.85. The fraction of sp³-hybridized carbons (Fsp3) is 0.333. The number of carbonyl (C=O) groups is 2. The second-order valence-corrected chi connectivity index (χ2v) is 11.3. The van der Waals surface area contributed by atoms with E-state index in [4.69, 9.17) is 0 Å². The first-order chi connectivity index (χ1) is 17.6. The van der Waals surface area contributed by atoms with Gasteiger partial charge in [0.05, 0.1) is 16.8 Å². The van der Waals surface area contributed by atoms with Crippen molar-refractivity contribution in [2.24, 2.45) is 5.92 Å². The number of rotatable bonds is 5. The molecule has 1 aliphatic carbocycles. The lowest BCUT2D eigenvalue weighted by Crippen LogP contribution is -2.64. The lowest BCUT2D eigenvalue weighted by molar-refractivity contribution is -0.136. The lowest BCUT2D eigenvalue weighted by Gasteiger charge is -2.47. The molecule has 0 unspecified atom stereocenters. The number of benzene rings is 2. The summed E-state index contributed by atoms with van der Waals surface area (Å²) in [5.74, 6) is 0.506. The highest BCUT2D eigenvalue weighted by Gasteiger charge is 2.53. The van der Waals surface area contributed by atoms with Gasteiger partial charge >= 0.3 is 0 Å². The van der Waals surface area contributed by atoms with Crippen molar-refractivity contribution >= 4 is 33.4 Å². The molecule has 2 aliphatic rings. The van der Waals surface area contributed by atoms with E-state index in [1.54, 1.807) is 11.3 Å². The summed E-state index contributed by atoms with van der Waals surface area (Å²) in [6.45, 7) is 3.03. The highest BCUT2D eigenvalue weighted by Crippen LogP contribution is 2.41. The van der Waals surface area contributed by atoms with Crippen molar-refractivity contribution in [1.29, 1.82) is 0 Å². The number of hydrogen-bond donors (Lipinski definition) is 1. The molecule has 184 valence electrons. The molecular weight excluding hydrogens is 466 g/mol. The van der Waals surface area contributed by atoms with E-state index >= 15 is 0 Å². The van der Waals surface area contributed by atoms with Crippen LogP contribution < -0.4 is 5.32 Å². The summed E-state index contributed by atoms with van der Waals surface area (Å²) < 4.78 is 3.13. The predicted molar refractivity (Wildman–Crippen MR) is 144 cm³/mol. The van der Waals surface area contributed by atoms with Crippen molar-refractivity contribution in [3.63, 3.8) is 0 Å². The normalized spacial score (nSPS) is 24.0. The SMILES string of the molecule is CC1CCC(NC(=O)[C@@]2(c3ccccc3)Cn3c(cc4sccc43)C(=O)N2Cc2ccccc2)CC1. The predicted octanol–water partition coefficient (Wildman–Crippen LogP) is 5.95. The Morgan fingerprint density at radius 2 is 1.69 bits per heavy atom. The quantitative estimate of drug-likeness (QED) is 0.370. The van der Waals surface area contributed by atoms with Crippen LogP contribution in [0.2, 0.25) is 0 Å². The van der Waals surface area contributed by atoms with Crippen LogP contribution >= 0.6 is 11.3 Å². The number of nitrogens with one attached hydrogen (secondary N) is 1. The number of amides is 2. The van der Waals surface area contributed by atoms with Crippen LogP contribution in [0.25, 0.3) is 10.2 Å². The summed E-state index contributed by atoms with van der Waals surface area (Å²) in [5, 5.41) is 5.45. The first-order valence-corrected chi connectivity index (χ1v) is 13.7. The Kier molecular flexibility index (Phi) is 5.92. The molecule has 2 aromatic heterocycles. The maximum atomic E-state index is 14.5. The molecule has 1 aliphatic heterocycles. The van der Waals surface area contributed by atoms with Gasteiger partial charge in [-0.05, 0) is 60.2 Å². The minimum absolute atomic E-state index is 0.0831. The average Bonchev–Trinajstić information content (AvgIpc) is 3.50. The van der Waals surface area contributed by atoms with Crippen LogP contribution in [-0.4, -0.2) is 27.3 Å². The molecule has 1 fully saturated rings. The van der Waals surface area contributed by atoms with Crippen molar-refractivity contribution in [3.8, 4) is 0 Å². The Bertz CT molecular complexity index is 1390. The van der Waals surface area contributed by atoms with Crippen molar-refractivity contribution < 1.29 is 9.59 Å². The molecule has 6 rings (SSSR count). The average molecular weight is 498 g/mol. The van der Waals surface area contributed by atoms with Crippen molar-refractivity contribution in [2.45, 2.75) is 57.3 Å². The standard InChI is InChI=1S/C30H31N3O2S/c1-21-12-14-24(15-13-21)31-29(35)30(23-10-6-3-7-11-23)20-32-25-16-17-36-27(25)18-26(32)28(34)33(30)19-22-8-4-2-5-9-22/h2-11,16-18,21,24H,12-15,19-20H2,1H3,(H,31,35)/t21?,24?,30-/m0/s1. The number of carbonyl (C=O) groups excluding carboxylic acids is 2. The van der Waals surface area contributed by atoms with E-state index in [-0.39, 0.29) is 17.9 Å². The Morgan fingerprint density at radius 3 is 2.42 bits per heavy atom. The van der Waals surface area contributed by atoms with Crippen LogP contribution in [0.5, 0.6) is 0 Å². The van der Waals surface area contributed by atoms with Gasteiger partial charge < -0.3 is 14.8 Å². The Balaban J connectivity index is 1.50. The van der Waals surface area contributed by atoms with Gasteiger partial charge in [0.1, 0.15) is 5.69 Å². The Labute approximate surface area is 215 Å². The number of nitrogens with zero attached hydrogens (tertiary/aromatic N) is 2.